The van der Waals surface area contributed by atoms with Crippen molar-refractivity contribution in [3.63, 3.8) is 0 Å². The van der Waals surface area contributed by atoms with Crippen LogP contribution in [0.5, 0.6) is 0 Å². The third kappa shape index (κ3) is 3.71. The summed E-state index contributed by atoms with van der Waals surface area (Å²) in [5, 5.41) is 17.6. The summed E-state index contributed by atoms with van der Waals surface area (Å²) in [7, 11) is 0. The average molecular weight is 305 g/mol. The van der Waals surface area contributed by atoms with Gasteiger partial charge in [0.05, 0.1) is 17.8 Å². The summed E-state index contributed by atoms with van der Waals surface area (Å²) in [6, 6.07) is 4.24. The largest absolute Gasteiger partial charge is 0.481 e. The standard InChI is InChI=1S/C15H19N3O2S/c19-15(20)3-2-13-8-14-10-17(5-1-6-18(14)16-13)9-12-4-7-21-11-12/h4,7-8,11H,1-3,5-6,9-10H2,(H,19,20). The topological polar surface area (TPSA) is 58.4 Å². The highest BCUT2D eigenvalue weighted by atomic mass is 32.1. The summed E-state index contributed by atoms with van der Waals surface area (Å²) in [5.74, 6) is -0.766. The van der Waals surface area contributed by atoms with Gasteiger partial charge in [0.1, 0.15) is 0 Å². The lowest BCUT2D eigenvalue weighted by atomic mass is 10.2. The molecule has 2 aromatic rings. The number of aromatic nitrogens is 2. The molecule has 21 heavy (non-hydrogen) atoms. The normalized spacial score (nSPS) is 15.6. The van der Waals surface area contributed by atoms with E-state index in [2.05, 4.69) is 32.9 Å². The zero-order valence-electron chi connectivity index (χ0n) is 11.9. The minimum absolute atomic E-state index is 0.148. The first kappa shape index (κ1) is 14.3. The lowest BCUT2D eigenvalue weighted by Gasteiger charge is -2.18. The molecular weight excluding hydrogens is 286 g/mol. The van der Waals surface area contributed by atoms with Gasteiger partial charge in [-0.15, -0.1) is 0 Å². The van der Waals surface area contributed by atoms with Gasteiger partial charge in [-0.1, -0.05) is 0 Å². The maximum Gasteiger partial charge on any atom is 0.303 e. The van der Waals surface area contributed by atoms with Gasteiger partial charge in [-0.2, -0.15) is 16.4 Å². The Morgan fingerprint density at radius 1 is 1.43 bits per heavy atom. The number of carboxylic acid groups (broad SMARTS) is 1. The molecule has 112 valence electrons. The second-order valence-electron chi connectivity index (χ2n) is 5.44. The average Bonchev–Trinajstić information content (AvgIpc) is 3.03. The van der Waals surface area contributed by atoms with Crippen LogP contribution in [0.2, 0.25) is 0 Å². The van der Waals surface area contributed by atoms with Crippen molar-refractivity contribution in [1.29, 1.82) is 0 Å². The molecule has 1 N–H and O–H groups in total. The molecule has 0 amide bonds. The molecular formula is C15H19N3O2S. The fraction of sp³-hybridized carbons (Fsp3) is 0.467. The molecule has 0 aromatic carbocycles. The van der Waals surface area contributed by atoms with E-state index in [1.165, 1.54) is 11.3 Å². The zero-order valence-corrected chi connectivity index (χ0v) is 12.7. The van der Waals surface area contributed by atoms with Crippen molar-refractivity contribution >= 4 is 17.3 Å². The van der Waals surface area contributed by atoms with Crippen LogP contribution < -0.4 is 0 Å². The maximum absolute atomic E-state index is 10.7. The van der Waals surface area contributed by atoms with Gasteiger partial charge < -0.3 is 5.11 Å². The summed E-state index contributed by atoms with van der Waals surface area (Å²) in [4.78, 5) is 13.1. The first-order valence-corrected chi connectivity index (χ1v) is 8.16. The van der Waals surface area contributed by atoms with E-state index in [4.69, 9.17) is 5.11 Å². The van der Waals surface area contributed by atoms with Gasteiger partial charge >= 0.3 is 5.97 Å². The third-order valence-electron chi connectivity index (χ3n) is 3.73. The first-order valence-electron chi connectivity index (χ1n) is 7.21. The lowest BCUT2D eigenvalue weighted by Crippen LogP contribution is -2.22. The third-order valence-corrected chi connectivity index (χ3v) is 4.46. The van der Waals surface area contributed by atoms with Crippen LogP contribution in [0.25, 0.3) is 0 Å². The molecule has 0 saturated carbocycles. The Labute approximate surface area is 127 Å². The molecule has 0 saturated heterocycles. The van der Waals surface area contributed by atoms with E-state index < -0.39 is 5.97 Å². The van der Waals surface area contributed by atoms with Crippen LogP contribution in [0.3, 0.4) is 0 Å². The number of hydrogen-bond acceptors (Lipinski definition) is 4. The molecule has 0 radical (unpaired) electrons. The summed E-state index contributed by atoms with van der Waals surface area (Å²) in [6.07, 6.45) is 1.74. The Morgan fingerprint density at radius 3 is 3.10 bits per heavy atom. The van der Waals surface area contributed by atoms with Gasteiger partial charge in [-0.25, -0.2) is 0 Å². The monoisotopic (exact) mass is 305 g/mol. The molecule has 0 unspecified atom stereocenters. The van der Waals surface area contributed by atoms with Gasteiger partial charge in [-0.3, -0.25) is 14.4 Å². The Kier molecular flexibility index (Phi) is 4.36. The smallest absolute Gasteiger partial charge is 0.303 e. The fourth-order valence-electron chi connectivity index (χ4n) is 2.72. The van der Waals surface area contributed by atoms with Crippen molar-refractivity contribution in [2.24, 2.45) is 0 Å². The highest BCUT2D eigenvalue weighted by molar-refractivity contribution is 7.07. The van der Waals surface area contributed by atoms with Gasteiger partial charge in [0.15, 0.2) is 0 Å². The number of fused-ring (bicyclic) bond motifs is 1. The highest BCUT2D eigenvalue weighted by Crippen LogP contribution is 2.18. The molecule has 3 rings (SSSR count). The van der Waals surface area contributed by atoms with Crippen LogP contribution in [0.4, 0.5) is 0 Å². The molecule has 0 aliphatic carbocycles. The maximum atomic E-state index is 10.7. The molecule has 0 spiro atoms. The minimum atomic E-state index is -0.766. The van der Waals surface area contributed by atoms with E-state index in [-0.39, 0.29) is 6.42 Å². The van der Waals surface area contributed by atoms with E-state index in [0.717, 1.165) is 38.3 Å². The van der Waals surface area contributed by atoms with Crippen LogP contribution in [0, 0.1) is 0 Å². The Hall–Kier alpha value is -1.66. The molecule has 1 aliphatic rings. The SMILES string of the molecule is O=C(O)CCc1cc2n(n1)CCCN(Cc1ccsc1)C2. The van der Waals surface area contributed by atoms with Crippen molar-refractivity contribution in [2.45, 2.75) is 38.9 Å². The van der Waals surface area contributed by atoms with Gasteiger partial charge in [0.2, 0.25) is 0 Å². The number of hydrogen-bond donors (Lipinski definition) is 1. The Bertz CT molecular complexity index is 606. The molecule has 6 heteroatoms. The van der Waals surface area contributed by atoms with Crippen molar-refractivity contribution in [1.82, 2.24) is 14.7 Å². The van der Waals surface area contributed by atoms with Crippen molar-refractivity contribution in [3.05, 3.63) is 39.8 Å². The quantitative estimate of drug-likeness (QED) is 0.921. The molecule has 3 heterocycles. The fourth-order valence-corrected chi connectivity index (χ4v) is 3.38. The number of nitrogens with zero attached hydrogens (tertiary/aromatic N) is 3. The molecule has 2 aromatic heterocycles. The Balaban J connectivity index is 1.67. The van der Waals surface area contributed by atoms with E-state index in [9.17, 15) is 4.79 Å². The molecule has 1 aliphatic heterocycles. The van der Waals surface area contributed by atoms with Crippen LogP contribution in [0.15, 0.2) is 22.9 Å². The van der Waals surface area contributed by atoms with Crippen molar-refractivity contribution < 1.29 is 9.90 Å². The molecule has 0 atom stereocenters. The summed E-state index contributed by atoms with van der Waals surface area (Å²) < 4.78 is 2.05. The number of carboxylic acids is 1. The number of aliphatic carboxylic acids is 1. The number of carbonyl (C=O) groups is 1. The van der Waals surface area contributed by atoms with Gasteiger partial charge in [0, 0.05) is 32.6 Å². The second kappa shape index (κ2) is 6.41. The van der Waals surface area contributed by atoms with E-state index in [1.54, 1.807) is 11.3 Å². The predicted octanol–water partition coefficient (Wildman–Crippen LogP) is 2.37. The predicted molar refractivity (Wildman–Crippen MR) is 81.2 cm³/mol. The van der Waals surface area contributed by atoms with Crippen molar-refractivity contribution in [3.8, 4) is 0 Å². The van der Waals surface area contributed by atoms with Gasteiger partial charge in [0.25, 0.3) is 0 Å². The summed E-state index contributed by atoms with van der Waals surface area (Å²) in [5.41, 5.74) is 3.45. The Morgan fingerprint density at radius 2 is 2.33 bits per heavy atom. The number of rotatable bonds is 5. The highest BCUT2D eigenvalue weighted by Gasteiger charge is 2.17. The minimum Gasteiger partial charge on any atom is -0.481 e. The summed E-state index contributed by atoms with van der Waals surface area (Å²) in [6.45, 7) is 3.85. The van der Waals surface area contributed by atoms with Crippen molar-refractivity contribution in [2.75, 3.05) is 6.54 Å². The van der Waals surface area contributed by atoms with E-state index in [1.807, 2.05) is 4.68 Å². The molecule has 0 bridgehead atoms. The number of aryl methyl sites for hydroxylation is 2. The zero-order chi connectivity index (χ0) is 14.7. The first-order chi connectivity index (χ1) is 10.2. The van der Waals surface area contributed by atoms with E-state index in [0.29, 0.717) is 6.42 Å². The second-order valence-corrected chi connectivity index (χ2v) is 6.22. The van der Waals surface area contributed by atoms with Crippen LogP contribution in [-0.2, 0) is 30.8 Å². The molecule has 0 fully saturated rings. The van der Waals surface area contributed by atoms with Crippen LogP contribution in [-0.4, -0.2) is 32.3 Å². The number of thiophene rings is 1. The molecule has 5 nitrogen and oxygen atoms in total. The van der Waals surface area contributed by atoms with E-state index >= 15 is 0 Å². The lowest BCUT2D eigenvalue weighted by molar-refractivity contribution is -0.136. The van der Waals surface area contributed by atoms with Crippen LogP contribution in [0.1, 0.15) is 29.8 Å². The van der Waals surface area contributed by atoms with Crippen LogP contribution >= 0.6 is 11.3 Å². The van der Waals surface area contributed by atoms with Gasteiger partial charge in [-0.05, 0) is 34.9 Å². The summed E-state index contributed by atoms with van der Waals surface area (Å²) >= 11 is 1.73.